The van der Waals surface area contributed by atoms with Crippen LogP contribution in [0.1, 0.15) is 57.8 Å². The molecule has 1 fully saturated rings. The number of hydrogen-bond acceptors (Lipinski definition) is 4. The number of carbonyl (C=O) groups excluding carboxylic acids is 1. The Morgan fingerprint density at radius 3 is 2.59 bits per heavy atom. The number of fused-ring (bicyclic) bond motifs is 1. The van der Waals surface area contributed by atoms with Crippen LogP contribution < -0.4 is 5.56 Å². The van der Waals surface area contributed by atoms with E-state index in [-0.39, 0.29) is 17.5 Å². The summed E-state index contributed by atoms with van der Waals surface area (Å²) in [5.74, 6) is 0.989. The predicted molar refractivity (Wildman–Crippen MR) is 117 cm³/mol. The Morgan fingerprint density at radius 1 is 1.17 bits per heavy atom. The highest BCUT2D eigenvalue weighted by atomic mass is 35.5. The molecule has 3 rings (SSSR count). The molecule has 2 aromatic rings. The molecule has 6 nitrogen and oxygen atoms in total. The molecule has 1 aromatic carbocycles. The van der Waals surface area contributed by atoms with Crippen molar-refractivity contribution < 1.29 is 4.79 Å². The first-order chi connectivity index (χ1) is 13.9. The average molecular weight is 419 g/mol. The lowest BCUT2D eigenvalue weighted by Gasteiger charge is -2.38. The van der Waals surface area contributed by atoms with E-state index < -0.39 is 0 Å². The molecule has 1 unspecified atom stereocenters. The highest BCUT2D eigenvalue weighted by Gasteiger charge is 2.26. The van der Waals surface area contributed by atoms with E-state index in [1.165, 1.54) is 12.8 Å². The van der Waals surface area contributed by atoms with E-state index in [1.54, 1.807) is 29.8 Å². The SMILES string of the molecule is CCCCCCC(=O)N1CCN(C(C)c2nc3cc(Cl)ccc3c(=O)n2C)CC1. The number of aromatic nitrogens is 2. The number of hydrogen-bond donors (Lipinski definition) is 0. The molecule has 0 saturated carbocycles. The number of unbranched alkanes of at least 4 members (excludes halogenated alkanes) is 3. The zero-order valence-electron chi connectivity index (χ0n) is 17.7. The van der Waals surface area contributed by atoms with Crippen molar-refractivity contribution in [2.24, 2.45) is 7.05 Å². The smallest absolute Gasteiger partial charge is 0.261 e. The van der Waals surface area contributed by atoms with E-state index in [1.807, 2.05) is 4.90 Å². The van der Waals surface area contributed by atoms with E-state index in [4.69, 9.17) is 16.6 Å². The van der Waals surface area contributed by atoms with Crippen LogP contribution in [0.25, 0.3) is 10.9 Å². The summed E-state index contributed by atoms with van der Waals surface area (Å²) < 4.78 is 1.63. The Hall–Kier alpha value is -1.92. The first kappa shape index (κ1) is 21.8. The average Bonchev–Trinajstić information content (AvgIpc) is 2.73. The molecule has 1 aliphatic heterocycles. The fourth-order valence-electron chi connectivity index (χ4n) is 4.02. The van der Waals surface area contributed by atoms with Crippen LogP contribution in [0.2, 0.25) is 5.02 Å². The Kier molecular flexibility index (Phi) is 7.30. The maximum absolute atomic E-state index is 12.7. The van der Waals surface area contributed by atoms with Crippen LogP contribution in [-0.2, 0) is 11.8 Å². The van der Waals surface area contributed by atoms with Gasteiger partial charge in [0.1, 0.15) is 5.82 Å². The topological polar surface area (TPSA) is 58.4 Å². The van der Waals surface area contributed by atoms with Gasteiger partial charge in [0.15, 0.2) is 0 Å². The first-order valence-electron chi connectivity index (χ1n) is 10.6. The third-order valence-corrected chi connectivity index (χ3v) is 6.14. The minimum atomic E-state index is -0.0607. The van der Waals surface area contributed by atoms with Crippen LogP contribution in [0.3, 0.4) is 0 Å². The van der Waals surface area contributed by atoms with Crippen molar-refractivity contribution in [3.63, 3.8) is 0 Å². The quantitative estimate of drug-likeness (QED) is 0.642. The number of carbonyl (C=O) groups is 1. The van der Waals surface area contributed by atoms with E-state index >= 15 is 0 Å². The first-order valence-corrected chi connectivity index (χ1v) is 11.0. The van der Waals surface area contributed by atoms with Crippen molar-refractivity contribution in [3.05, 3.63) is 39.4 Å². The van der Waals surface area contributed by atoms with Crippen molar-refractivity contribution in [1.29, 1.82) is 0 Å². The third-order valence-electron chi connectivity index (χ3n) is 5.91. The summed E-state index contributed by atoms with van der Waals surface area (Å²) in [5, 5.41) is 1.15. The summed E-state index contributed by atoms with van der Waals surface area (Å²) in [4.78, 5) is 34.2. The summed E-state index contributed by atoms with van der Waals surface area (Å²) in [5.41, 5.74) is 0.567. The molecule has 0 spiro atoms. The van der Waals surface area contributed by atoms with E-state index in [0.29, 0.717) is 22.3 Å². The van der Waals surface area contributed by atoms with E-state index in [9.17, 15) is 9.59 Å². The molecule has 0 N–H and O–H groups in total. The zero-order chi connectivity index (χ0) is 21.0. The lowest BCUT2D eigenvalue weighted by atomic mass is 10.1. The minimum Gasteiger partial charge on any atom is -0.340 e. The molecular weight excluding hydrogens is 388 g/mol. The lowest BCUT2D eigenvalue weighted by Crippen LogP contribution is -2.49. The Bertz CT molecular complexity index is 919. The lowest BCUT2D eigenvalue weighted by molar-refractivity contribution is -0.133. The molecule has 29 heavy (non-hydrogen) atoms. The van der Waals surface area contributed by atoms with E-state index in [0.717, 1.165) is 44.8 Å². The van der Waals surface area contributed by atoms with Crippen molar-refractivity contribution in [1.82, 2.24) is 19.4 Å². The van der Waals surface area contributed by atoms with Crippen LogP contribution >= 0.6 is 11.6 Å². The summed E-state index contributed by atoms with van der Waals surface area (Å²) in [6, 6.07) is 5.17. The van der Waals surface area contributed by atoms with Gasteiger partial charge in [0.25, 0.3) is 5.56 Å². The second-order valence-corrected chi connectivity index (χ2v) is 8.34. The van der Waals surface area contributed by atoms with Crippen molar-refractivity contribution in [3.8, 4) is 0 Å². The second kappa shape index (κ2) is 9.72. The summed E-state index contributed by atoms with van der Waals surface area (Å²) in [7, 11) is 1.77. The molecule has 0 radical (unpaired) electrons. The normalized spacial score (nSPS) is 16.3. The Balaban J connectivity index is 1.66. The predicted octanol–water partition coefficient (Wildman–Crippen LogP) is 3.76. The van der Waals surface area contributed by atoms with Gasteiger partial charge in [-0.2, -0.15) is 0 Å². The van der Waals surface area contributed by atoms with Gasteiger partial charge in [-0.05, 0) is 31.5 Å². The van der Waals surface area contributed by atoms with Crippen LogP contribution in [-0.4, -0.2) is 51.4 Å². The Morgan fingerprint density at radius 2 is 1.90 bits per heavy atom. The van der Waals surface area contributed by atoms with Gasteiger partial charge < -0.3 is 4.90 Å². The fraction of sp³-hybridized carbons (Fsp3) is 0.591. The molecule has 158 valence electrons. The van der Waals surface area contributed by atoms with Gasteiger partial charge in [0.05, 0.1) is 16.9 Å². The van der Waals surface area contributed by atoms with Gasteiger partial charge in [-0.1, -0.05) is 37.8 Å². The molecule has 0 bridgehead atoms. The number of rotatable bonds is 7. The number of benzene rings is 1. The zero-order valence-corrected chi connectivity index (χ0v) is 18.4. The van der Waals surface area contributed by atoms with E-state index in [2.05, 4.69) is 18.7 Å². The molecule has 1 atom stereocenters. The third kappa shape index (κ3) is 4.98. The molecule has 1 amide bonds. The molecule has 0 aliphatic carbocycles. The molecule has 7 heteroatoms. The number of nitrogens with zero attached hydrogens (tertiary/aromatic N) is 4. The molecular formula is C22H31ClN4O2. The highest BCUT2D eigenvalue weighted by molar-refractivity contribution is 6.31. The van der Waals surface area contributed by atoms with Crippen LogP contribution in [0.15, 0.2) is 23.0 Å². The van der Waals surface area contributed by atoms with Crippen molar-refractivity contribution in [2.75, 3.05) is 26.2 Å². The van der Waals surface area contributed by atoms with Crippen LogP contribution in [0, 0.1) is 0 Å². The summed E-state index contributed by atoms with van der Waals surface area (Å²) >= 11 is 6.09. The van der Waals surface area contributed by atoms with Crippen LogP contribution in [0.5, 0.6) is 0 Å². The number of amides is 1. The van der Waals surface area contributed by atoms with Gasteiger partial charge in [0, 0.05) is 44.7 Å². The van der Waals surface area contributed by atoms with Crippen molar-refractivity contribution >= 4 is 28.4 Å². The van der Waals surface area contributed by atoms with Gasteiger partial charge in [-0.3, -0.25) is 19.1 Å². The maximum Gasteiger partial charge on any atom is 0.261 e. The van der Waals surface area contributed by atoms with Gasteiger partial charge in [0.2, 0.25) is 5.91 Å². The second-order valence-electron chi connectivity index (χ2n) is 7.90. The highest BCUT2D eigenvalue weighted by Crippen LogP contribution is 2.22. The van der Waals surface area contributed by atoms with Gasteiger partial charge in [-0.15, -0.1) is 0 Å². The molecule has 1 aliphatic rings. The molecule has 1 aromatic heterocycles. The number of piperazine rings is 1. The van der Waals surface area contributed by atoms with Gasteiger partial charge >= 0.3 is 0 Å². The Labute approximate surface area is 177 Å². The fourth-order valence-corrected chi connectivity index (χ4v) is 4.18. The largest absolute Gasteiger partial charge is 0.340 e. The van der Waals surface area contributed by atoms with Crippen LogP contribution in [0.4, 0.5) is 0 Å². The number of halogens is 1. The molecule has 2 heterocycles. The maximum atomic E-state index is 12.7. The molecule has 1 saturated heterocycles. The summed E-state index contributed by atoms with van der Waals surface area (Å²) in [6.07, 6.45) is 5.14. The van der Waals surface area contributed by atoms with Crippen molar-refractivity contribution in [2.45, 2.75) is 52.0 Å². The standard InChI is InChI=1S/C22H31ClN4O2/c1-4-5-6-7-8-20(28)27-13-11-26(12-14-27)16(2)21-24-19-15-17(23)9-10-18(19)22(29)25(21)3/h9-10,15-16H,4-8,11-14H2,1-3H3. The monoisotopic (exact) mass is 418 g/mol. The minimum absolute atomic E-state index is 0.0158. The summed E-state index contributed by atoms with van der Waals surface area (Å²) in [6.45, 7) is 7.27. The van der Waals surface area contributed by atoms with Gasteiger partial charge in [-0.25, -0.2) is 4.98 Å².